The molecular weight excluding hydrogens is 524 g/mol. The topological polar surface area (TPSA) is 44.1 Å². The Bertz CT molecular complexity index is 462. The average molecular weight is 560 g/mol. The molecule has 1 aliphatic rings. The molecule has 0 saturated heterocycles. The van der Waals surface area contributed by atoms with Gasteiger partial charge in [0, 0.05) is 13.0 Å². The molecule has 1 amide bonds. The van der Waals surface area contributed by atoms with Crippen LogP contribution in [0.5, 0.6) is 0 Å². The molecule has 1 fully saturated rings. The second-order valence-corrected chi connectivity index (χ2v) is 6.91. The molecule has 0 bridgehead atoms. The Morgan fingerprint density at radius 2 is 1.32 bits per heavy atom. The normalized spacial score (nSPS) is 16.0. The van der Waals surface area contributed by atoms with E-state index < -0.39 is 5.91 Å². The second-order valence-electron chi connectivity index (χ2n) is 6.91. The predicted octanol–water partition coefficient (Wildman–Crippen LogP) is 5.76. The number of rotatable bonds is 5. The third-order valence-corrected chi connectivity index (χ3v) is 4.71. The van der Waals surface area contributed by atoms with E-state index in [1.807, 2.05) is 55.7 Å². The van der Waals surface area contributed by atoms with Crippen molar-refractivity contribution in [1.82, 2.24) is 4.90 Å². The number of amides is 1. The predicted molar refractivity (Wildman–Crippen MR) is 117 cm³/mol. The maximum atomic E-state index is 9.99. The third kappa shape index (κ3) is 12.0. The van der Waals surface area contributed by atoms with Crippen LogP contribution in [0.15, 0.2) is 30.3 Å². The van der Waals surface area contributed by atoms with Crippen molar-refractivity contribution >= 4 is 5.91 Å². The number of nitrogens with zero attached hydrogens (tertiary/aromatic N) is 1. The fraction of sp³-hybridized carbons (Fsp3) is 0.375. The van der Waals surface area contributed by atoms with E-state index in [1.165, 1.54) is 35.2 Å². The summed E-state index contributed by atoms with van der Waals surface area (Å²) in [6.07, 6.45) is 4.10. The Kier molecular flexibility index (Phi) is 17.0. The summed E-state index contributed by atoms with van der Waals surface area (Å²) >= 11 is 0. The van der Waals surface area contributed by atoms with Crippen LogP contribution in [0.3, 0.4) is 0 Å². The molecular formula is C24H35IrN2O+2. The monoisotopic (exact) mass is 560 g/mol. The van der Waals surface area contributed by atoms with Gasteiger partial charge in [-0.05, 0) is 69.0 Å². The SMILES string of the molecule is CN(C)CCC([NH-])=O.C[C]1[C](C)[C](C)[C](C)[C]1C.[CH2][CH][CH]c1ccccc1.[Ir+3]. The Labute approximate surface area is 188 Å². The summed E-state index contributed by atoms with van der Waals surface area (Å²) < 4.78 is 0. The van der Waals surface area contributed by atoms with Crippen LogP contribution in [0, 0.1) is 49.4 Å². The zero-order chi connectivity index (χ0) is 21.0. The molecule has 1 aliphatic carbocycles. The molecule has 154 valence electrons. The summed E-state index contributed by atoms with van der Waals surface area (Å²) in [4.78, 5) is 11.9. The van der Waals surface area contributed by atoms with Crippen molar-refractivity contribution in [2.45, 2.75) is 41.0 Å². The van der Waals surface area contributed by atoms with Crippen molar-refractivity contribution < 1.29 is 24.9 Å². The number of benzene rings is 1. The van der Waals surface area contributed by atoms with Crippen LogP contribution >= 0.6 is 0 Å². The Morgan fingerprint density at radius 1 is 0.929 bits per heavy atom. The minimum atomic E-state index is -0.487. The Morgan fingerprint density at radius 3 is 1.57 bits per heavy atom. The van der Waals surface area contributed by atoms with Gasteiger partial charge in [-0.2, -0.15) is 0 Å². The van der Waals surface area contributed by atoms with Gasteiger partial charge < -0.3 is 15.4 Å². The summed E-state index contributed by atoms with van der Waals surface area (Å²) in [7, 11) is 3.76. The van der Waals surface area contributed by atoms with Gasteiger partial charge >= 0.3 is 20.1 Å². The smallest absolute Gasteiger partial charge is 0.668 e. The average Bonchev–Trinajstić information content (AvgIpc) is 2.80. The van der Waals surface area contributed by atoms with Crippen LogP contribution in [-0.2, 0) is 24.9 Å². The van der Waals surface area contributed by atoms with E-state index in [1.54, 1.807) is 6.42 Å². The standard InChI is InChI=1S/C10H15.C9H9.C5H12N2O.Ir/c1-6-7(2)9(4)10(5)8(6)3;1-2-6-9-7-4-3-5-8-9;1-7(2)4-3-5(6)8;/h1-5H3;2-8H,1H2;3-4H2,1-2H3,(H2,6,8);/q;;;+3/p-1. The summed E-state index contributed by atoms with van der Waals surface area (Å²) in [6, 6.07) is 10.1. The summed E-state index contributed by atoms with van der Waals surface area (Å²) in [5.41, 5.74) is 7.71. The molecule has 0 atom stereocenters. The first kappa shape index (κ1) is 29.5. The third-order valence-electron chi connectivity index (χ3n) is 4.71. The van der Waals surface area contributed by atoms with Gasteiger partial charge in [0.15, 0.2) is 0 Å². The van der Waals surface area contributed by atoms with Gasteiger partial charge in [-0.3, -0.25) is 0 Å². The van der Waals surface area contributed by atoms with E-state index in [0.29, 0.717) is 13.0 Å². The largest absolute Gasteiger partial charge is 3.00 e. The molecule has 1 aromatic rings. The maximum absolute atomic E-state index is 9.99. The fourth-order valence-electron chi connectivity index (χ4n) is 2.43. The molecule has 28 heavy (non-hydrogen) atoms. The summed E-state index contributed by atoms with van der Waals surface area (Å²) in [6.45, 7) is 15.3. The quantitative estimate of drug-likeness (QED) is 0.460. The summed E-state index contributed by atoms with van der Waals surface area (Å²) in [5.74, 6) is 6.85. The minimum Gasteiger partial charge on any atom is -0.668 e. The number of nitrogens with one attached hydrogen (secondary N) is 1. The van der Waals surface area contributed by atoms with Gasteiger partial charge in [0.25, 0.3) is 0 Å². The van der Waals surface area contributed by atoms with E-state index in [9.17, 15) is 4.79 Å². The van der Waals surface area contributed by atoms with E-state index in [4.69, 9.17) is 5.73 Å². The van der Waals surface area contributed by atoms with E-state index in [2.05, 4.69) is 41.5 Å². The molecule has 2 rings (SSSR count). The van der Waals surface area contributed by atoms with Gasteiger partial charge in [0.1, 0.15) is 0 Å². The number of carbonyl (C=O) groups is 1. The fourth-order valence-corrected chi connectivity index (χ4v) is 2.43. The van der Waals surface area contributed by atoms with Gasteiger partial charge in [-0.15, -0.1) is 0 Å². The van der Waals surface area contributed by atoms with Crippen LogP contribution in [0.25, 0.3) is 5.73 Å². The van der Waals surface area contributed by atoms with Gasteiger partial charge in [0.05, 0.1) is 5.91 Å². The molecule has 0 heterocycles. The first-order valence-corrected chi connectivity index (χ1v) is 9.21. The zero-order valence-electron chi connectivity index (χ0n) is 18.4. The van der Waals surface area contributed by atoms with E-state index >= 15 is 0 Å². The van der Waals surface area contributed by atoms with Crippen LogP contribution in [0.2, 0.25) is 0 Å². The van der Waals surface area contributed by atoms with Gasteiger partial charge in [-0.25, -0.2) is 0 Å². The van der Waals surface area contributed by atoms with Crippen LogP contribution in [0.4, 0.5) is 0 Å². The van der Waals surface area contributed by atoms with Crippen LogP contribution in [0.1, 0.15) is 46.6 Å². The van der Waals surface area contributed by atoms with E-state index in [-0.39, 0.29) is 20.1 Å². The van der Waals surface area contributed by atoms with Crippen molar-refractivity contribution in [3.63, 3.8) is 0 Å². The molecule has 0 aliphatic heterocycles. The first-order valence-electron chi connectivity index (χ1n) is 9.21. The molecule has 3 nitrogen and oxygen atoms in total. The molecule has 1 N–H and O–H groups in total. The summed E-state index contributed by atoms with van der Waals surface area (Å²) in [5, 5.41) is 0. The van der Waals surface area contributed by atoms with Crippen molar-refractivity contribution in [2.24, 2.45) is 0 Å². The Hall–Kier alpha value is -0.701. The number of hydrogen-bond donors (Lipinski definition) is 0. The van der Waals surface area contributed by atoms with Crippen LogP contribution in [-0.4, -0.2) is 31.4 Å². The van der Waals surface area contributed by atoms with Crippen molar-refractivity contribution in [3.05, 3.63) is 91.0 Å². The minimum absolute atomic E-state index is 0. The molecule has 8 radical (unpaired) electrons. The van der Waals surface area contributed by atoms with Crippen molar-refractivity contribution in [2.75, 3.05) is 20.6 Å². The van der Waals surface area contributed by atoms with Crippen molar-refractivity contribution in [3.8, 4) is 0 Å². The van der Waals surface area contributed by atoms with Crippen molar-refractivity contribution in [1.29, 1.82) is 0 Å². The molecule has 0 aromatic heterocycles. The first-order chi connectivity index (χ1) is 12.6. The molecule has 4 heteroatoms. The van der Waals surface area contributed by atoms with Crippen LogP contribution < -0.4 is 0 Å². The Balaban J connectivity index is 0. The number of hydrogen-bond acceptors (Lipinski definition) is 2. The second kappa shape index (κ2) is 16.1. The molecule has 0 spiro atoms. The zero-order valence-corrected chi connectivity index (χ0v) is 20.7. The molecule has 1 aromatic carbocycles. The number of carbonyl (C=O) groups excluding carboxylic acids is 1. The molecule has 0 unspecified atom stereocenters. The van der Waals surface area contributed by atoms with E-state index in [0.717, 1.165) is 0 Å². The van der Waals surface area contributed by atoms with Gasteiger partial charge in [-0.1, -0.05) is 65.0 Å². The molecule has 1 saturated carbocycles. The van der Waals surface area contributed by atoms with Gasteiger partial charge in [0.2, 0.25) is 0 Å². The maximum Gasteiger partial charge on any atom is 3.00 e.